The van der Waals surface area contributed by atoms with Gasteiger partial charge in [-0.05, 0) is 5.56 Å². The molecule has 2 aromatic heterocycles. The number of urea groups is 1. The Hall–Kier alpha value is -3.20. The lowest BCUT2D eigenvalue weighted by Gasteiger charge is -2.20. The van der Waals surface area contributed by atoms with E-state index in [9.17, 15) is 4.79 Å². The van der Waals surface area contributed by atoms with Gasteiger partial charge in [0.05, 0.1) is 12.6 Å². The number of carbonyl (C=O) groups is 1. The zero-order valence-electron chi connectivity index (χ0n) is 18.5. The van der Waals surface area contributed by atoms with Crippen LogP contribution < -0.4 is 10.6 Å². The molecular weight excluding hydrogens is 434 g/mol. The first-order chi connectivity index (χ1) is 16.2. The van der Waals surface area contributed by atoms with Crippen molar-refractivity contribution in [2.24, 2.45) is 0 Å². The summed E-state index contributed by atoms with van der Waals surface area (Å²) in [6.45, 7) is 3.18. The maximum atomic E-state index is 13.2. The summed E-state index contributed by atoms with van der Waals surface area (Å²) >= 11 is 1.54. The van der Waals surface area contributed by atoms with Gasteiger partial charge in [0.15, 0.2) is 4.96 Å². The summed E-state index contributed by atoms with van der Waals surface area (Å²) in [5.74, 6) is 0.898. The Labute approximate surface area is 197 Å². The molecular formula is C25H27N5O2S. The second kappa shape index (κ2) is 9.74. The van der Waals surface area contributed by atoms with Gasteiger partial charge in [-0.25, -0.2) is 9.78 Å². The molecule has 0 aliphatic carbocycles. The number of likely N-dealkylation sites (tertiary alicyclic amines) is 1. The van der Waals surface area contributed by atoms with E-state index in [1.807, 2.05) is 52.4 Å². The molecule has 1 aliphatic rings. The zero-order chi connectivity index (χ0) is 22.6. The zero-order valence-corrected chi connectivity index (χ0v) is 19.3. The van der Waals surface area contributed by atoms with E-state index >= 15 is 0 Å². The average molecular weight is 462 g/mol. The average Bonchev–Trinajstić information content (AvgIpc) is 3.55. The van der Waals surface area contributed by atoms with Crippen LogP contribution >= 0.6 is 11.3 Å². The summed E-state index contributed by atoms with van der Waals surface area (Å²) in [5.41, 5.74) is 2.97. The summed E-state index contributed by atoms with van der Waals surface area (Å²) in [7, 11) is 1.72. The van der Waals surface area contributed by atoms with Crippen molar-refractivity contribution in [1.82, 2.24) is 19.6 Å². The smallest absolute Gasteiger partial charge is 0.320 e. The number of nitrogens with one attached hydrogen (secondary N) is 2. The highest BCUT2D eigenvalue weighted by Crippen LogP contribution is 2.31. The minimum Gasteiger partial charge on any atom is -0.383 e. The van der Waals surface area contributed by atoms with Crippen LogP contribution in [0.2, 0.25) is 0 Å². The first-order valence-electron chi connectivity index (χ1n) is 11.1. The number of thiazole rings is 1. The van der Waals surface area contributed by atoms with Crippen LogP contribution in [-0.4, -0.2) is 59.7 Å². The van der Waals surface area contributed by atoms with E-state index in [0.717, 1.165) is 35.9 Å². The number of amides is 2. The van der Waals surface area contributed by atoms with Gasteiger partial charge in [-0.15, -0.1) is 11.3 Å². The number of carbonyl (C=O) groups excluding carboxylic acids is 1. The molecule has 2 aromatic carbocycles. The maximum Gasteiger partial charge on any atom is 0.320 e. The van der Waals surface area contributed by atoms with Crippen molar-refractivity contribution < 1.29 is 9.53 Å². The number of aromatic nitrogens is 2. The minimum absolute atomic E-state index is 0.00433. The molecule has 7 nitrogen and oxygen atoms in total. The third-order valence-corrected chi connectivity index (χ3v) is 6.85. The Bertz CT molecular complexity index is 1210. The number of fused-ring (bicyclic) bond motifs is 1. The molecule has 33 heavy (non-hydrogen) atoms. The molecule has 3 heterocycles. The first-order valence-corrected chi connectivity index (χ1v) is 12.0. The molecule has 1 aliphatic heterocycles. The van der Waals surface area contributed by atoms with E-state index in [0.29, 0.717) is 12.4 Å². The molecule has 0 spiro atoms. The second-order valence-corrected chi connectivity index (χ2v) is 9.08. The molecule has 2 N–H and O–H groups in total. The first kappa shape index (κ1) is 21.6. The van der Waals surface area contributed by atoms with Crippen molar-refractivity contribution in [2.45, 2.75) is 12.0 Å². The number of benzene rings is 2. The van der Waals surface area contributed by atoms with Gasteiger partial charge in [-0.3, -0.25) is 14.6 Å². The van der Waals surface area contributed by atoms with Crippen LogP contribution in [0.4, 0.5) is 10.6 Å². The van der Waals surface area contributed by atoms with Crippen LogP contribution in [0.25, 0.3) is 16.2 Å². The summed E-state index contributed by atoms with van der Waals surface area (Å²) in [6, 6.07) is 20.1. The van der Waals surface area contributed by atoms with Gasteiger partial charge in [0.2, 0.25) is 0 Å². The van der Waals surface area contributed by atoms with Gasteiger partial charge in [0, 0.05) is 49.8 Å². The fraction of sp³-hybridized carbons (Fsp3) is 0.280. The van der Waals surface area contributed by atoms with Gasteiger partial charge in [-0.2, -0.15) is 0 Å². The number of hydrogen-bond donors (Lipinski definition) is 2. The lowest BCUT2D eigenvalue weighted by atomic mass is 9.94. The SMILES string of the molecule is COCCN1C[C@H](NC(=O)Nc2c(-c3ccccc3)nc3sccn23)[C@@H](c2ccccc2)C1. The fourth-order valence-electron chi connectivity index (χ4n) is 4.49. The van der Waals surface area contributed by atoms with Crippen molar-refractivity contribution in [3.8, 4) is 11.3 Å². The third kappa shape index (κ3) is 4.64. The van der Waals surface area contributed by atoms with Crippen LogP contribution in [-0.2, 0) is 4.74 Å². The van der Waals surface area contributed by atoms with Gasteiger partial charge < -0.3 is 10.1 Å². The van der Waals surface area contributed by atoms with Crippen LogP contribution in [0.1, 0.15) is 11.5 Å². The van der Waals surface area contributed by atoms with Gasteiger partial charge >= 0.3 is 6.03 Å². The maximum absolute atomic E-state index is 13.2. The molecule has 0 bridgehead atoms. The number of anilines is 1. The Morgan fingerprint density at radius 2 is 1.88 bits per heavy atom. The van der Waals surface area contributed by atoms with Crippen molar-refractivity contribution in [1.29, 1.82) is 0 Å². The predicted molar refractivity (Wildman–Crippen MR) is 132 cm³/mol. The van der Waals surface area contributed by atoms with Crippen molar-refractivity contribution in [2.75, 3.05) is 38.7 Å². The largest absolute Gasteiger partial charge is 0.383 e. The molecule has 1 saturated heterocycles. The van der Waals surface area contributed by atoms with E-state index < -0.39 is 0 Å². The Morgan fingerprint density at radius 1 is 1.12 bits per heavy atom. The molecule has 2 atom stereocenters. The van der Waals surface area contributed by atoms with Crippen LogP contribution in [0.3, 0.4) is 0 Å². The molecule has 0 saturated carbocycles. The second-order valence-electron chi connectivity index (χ2n) is 8.21. The highest BCUT2D eigenvalue weighted by molar-refractivity contribution is 7.15. The molecule has 0 radical (unpaired) electrons. The Morgan fingerprint density at radius 3 is 2.64 bits per heavy atom. The van der Waals surface area contributed by atoms with Crippen molar-refractivity contribution in [3.05, 3.63) is 77.8 Å². The third-order valence-electron chi connectivity index (χ3n) is 6.09. The topological polar surface area (TPSA) is 70.9 Å². The van der Waals surface area contributed by atoms with E-state index in [1.165, 1.54) is 5.56 Å². The number of rotatable bonds is 7. The summed E-state index contributed by atoms with van der Waals surface area (Å²) in [4.78, 5) is 21.2. The number of nitrogens with zero attached hydrogens (tertiary/aromatic N) is 3. The fourth-order valence-corrected chi connectivity index (χ4v) is 5.20. The normalized spacial score (nSPS) is 18.6. The van der Waals surface area contributed by atoms with E-state index in [4.69, 9.17) is 9.72 Å². The van der Waals surface area contributed by atoms with E-state index in [-0.39, 0.29) is 18.0 Å². The van der Waals surface area contributed by atoms with Gasteiger partial charge in [0.1, 0.15) is 11.5 Å². The van der Waals surface area contributed by atoms with Crippen molar-refractivity contribution in [3.63, 3.8) is 0 Å². The molecule has 5 rings (SSSR count). The highest BCUT2D eigenvalue weighted by atomic mass is 32.1. The molecule has 170 valence electrons. The molecule has 0 unspecified atom stereocenters. The minimum atomic E-state index is -0.222. The molecule has 2 amide bonds. The molecule has 8 heteroatoms. The van der Waals surface area contributed by atoms with Crippen LogP contribution in [0.5, 0.6) is 0 Å². The quantitative estimate of drug-likeness (QED) is 0.431. The standard InChI is InChI=1S/C25H27N5O2S/c1-32-14-12-29-16-20(18-8-4-2-5-9-18)21(17-29)26-24(31)28-23-22(19-10-6-3-7-11-19)27-25-30(23)13-15-33-25/h2-11,13,15,20-21H,12,14,16-17H2,1H3,(H2,26,28,31)/t20-,21+/m1/s1. The lowest BCUT2D eigenvalue weighted by Crippen LogP contribution is -2.42. The number of ether oxygens (including phenoxy) is 1. The summed E-state index contributed by atoms with van der Waals surface area (Å²) in [6.07, 6.45) is 1.93. The summed E-state index contributed by atoms with van der Waals surface area (Å²) < 4.78 is 7.20. The Balaban J connectivity index is 1.37. The van der Waals surface area contributed by atoms with Crippen LogP contribution in [0.15, 0.2) is 72.2 Å². The monoisotopic (exact) mass is 461 g/mol. The lowest BCUT2D eigenvalue weighted by molar-refractivity contribution is 0.159. The number of imidazole rings is 1. The van der Waals surface area contributed by atoms with E-state index in [2.05, 4.69) is 39.8 Å². The van der Waals surface area contributed by atoms with Gasteiger partial charge in [0.25, 0.3) is 0 Å². The highest BCUT2D eigenvalue weighted by Gasteiger charge is 2.34. The van der Waals surface area contributed by atoms with Gasteiger partial charge in [-0.1, -0.05) is 60.7 Å². The van der Waals surface area contributed by atoms with Crippen LogP contribution in [0, 0.1) is 0 Å². The molecule has 4 aromatic rings. The van der Waals surface area contributed by atoms with Crippen molar-refractivity contribution >= 4 is 28.1 Å². The predicted octanol–water partition coefficient (Wildman–Crippen LogP) is 4.30. The number of methoxy groups -OCH3 is 1. The Kier molecular flexibility index (Phi) is 6.39. The van der Waals surface area contributed by atoms with E-state index in [1.54, 1.807) is 18.4 Å². The summed E-state index contributed by atoms with van der Waals surface area (Å²) in [5, 5.41) is 8.29. The number of hydrogen-bond acceptors (Lipinski definition) is 5. The molecule has 1 fully saturated rings.